The van der Waals surface area contributed by atoms with Crippen molar-refractivity contribution in [3.8, 4) is 5.75 Å². The molecule has 30 heavy (non-hydrogen) atoms. The summed E-state index contributed by atoms with van der Waals surface area (Å²) < 4.78 is 5.15. The molecule has 1 fully saturated rings. The molecule has 0 radical (unpaired) electrons. The van der Waals surface area contributed by atoms with Crippen LogP contribution in [0.15, 0.2) is 66.7 Å². The number of methoxy groups -OCH3 is 1. The lowest BCUT2D eigenvalue weighted by Gasteiger charge is -2.22. The number of nitrogens with one attached hydrogen (secondary N) is 1. The predicted molar refractivity (Wildman–Crippen MR) is 118 cm³/mol. The lowest BCUT2D eigenvalue weighted by Crippen LogP contribution is -2.39. The topological polar surface area (TPSA) is 61.9 Å². The zero-order valence-corrected chi connectivity index (χ0v) is 17.0. The van der Waals surface area contributed by atoms with Crippen LogP contribution in [0.5, 0.6) is 5.75 Å². The van der Waals surface area contributed by atoms with Gasteiger partial charge in [-0.25, -0.2) is 4.79 Å². The summed E-state index contributed by atoms with van der Waals surface area (Å²) in [5, 5.41) is 5.21. The van der Waals surface area contributed by atoms with Crippen LogP contribution >= 0.6 is 0 Å². The van der Waals surface area contributed by atoms with Crippen LogP contribution in [0.3, 0.4) is 0 Å². The first-order valence-electron chi connectivity index (χ1n) is 10.1. The smallest absolute Gasteiger partial charge is 0.321 e. The Morgan fingerprint density at radius 3 is 2.30 bits per heavy atom. The molecule has 0 bridgehead atoms. The fraction of sp³-hybridized carbons (Fsp3) is 0.250. The van der Waals surface area contributed by atoms with E-state index in [0.717, 1.165) is 28.6 Å². The van der Waals surface area contributed by atoms with E-state index in [2.05, 4.69) is 5.32 Å². The first kappa shape index (κ1) is 19.8. The number of hydrogen-bond donors (Lipinski definition) is 1. The average Bonchev–Trinajstić information content (AvgIpc) is 3.05. The van der Waals surface area contributed by atoms with Crippen molar-refractivity contribution in [3.63, 3.8) is 0 Å². The summed E-state index contributed by atoms with van der Waals surface area (Å²) >= 11 is 0. The van der Waals surface area contributed by atoms with Gasteiger partial charge in [0.2, 0.25) is 0 Å². The number of hydrogen-bond acceptors (Lipinski definition) is 3. The number of carbonyl (C=O) groups excluding carboxylic acids is 2. The Kier molecular flexibility index (Phi) is 5.84. The van der Waals surface area contributed by atoms with Crippen molar-refractivity contribution in [1.82, 2.24) is 9.80 Å². The van der Waals surface area contributed by atoms with Crippen LogP contribution in [0.4, 0.5) is 10.5 Å². The van der Waals surface area contributed by atoms with Crippen molar-refractivity contribution in [3.05, 3.63) is 72.3 Å². The van der Waals surface area contributed by atoms with E-state index in [1.54, 1.807) is 36.3 Å². The summed E-state index contributed by atoms with van der Waals surface area (Å²) in [6.07, 6.45) is 0.743. The Labute approximate surface area is 176 Å². The van der Waals surface area contributed by atoms with Crippen molar-refractivity contribution in [2.75, 3.05) is 38.6 Å². The molecule has 4 rings (SSSR count). The molecule has 6 nitrogen and oxygen atoms in total. The van der Waals surface area contributed by atoms with Crippen LogP contribution in [0.2, 0.25) is 0 Å². The lowest BCUT2D eigenvalue weighted by atomic mass is 10.1. The fourth-order valence-electron chi connectivity index (χ4n) is 3.71. The van der Waals surface area contributed by atoms with Gasteiger partial charge in [-0.15, -0.1) is 0 Å². The van der Waals surface area contributed by atoms with Gasteiger partial charge in [0.1, 0.15) is 5.75 Å². The Morgan fingerprint density at radius 1 is 0.833 bits per heavy atom. The van der Waals surface area contributed by atoms with E-state index in [9.17, 15) is 9.59 Å². The molecule has 0 spiro atoms. The molecule has 1 saturated heterocycles. The third-order valence-electron chi connectivity index (χ3n) is 5.41. The largest absolute Gasteiger partial charge is 0.497 e. The predicted octanol–water partition coefficient (Wildman–Crippen LogP) is 4.23. The third-order valence-corrected chi connectivity index (χ3v) is 5.41. The minimum Gasteiger partial charge on any atom is -0.497 e. The van der Waals surface area contributed by atoms with E-state index in [-0.39, 0.29) is 11.9 Å². The molecule has 3 aromatic rings. The van der Waals surface area contributed by atoms with Gasteiger partial charge in [-0.1, -0.05) is 30.3 Å². The zero-order valence-electron chi connectivity index (χ0n) is 17.0. The van der Waals surface area contributed by atoms with Crippen molar-refractivity contribution in [1.29, 1.82) is 0 Å². The SMILES string of the molecule is COc1ccc(C(=O)N2CCCN(C(=O)Nc3ccc4ccccc4c3)CC2)cc1. The standard InChI is InChI=1S/C24H25N3O3/c1-30-22-11-8-19(9-12-22)23(28)26-13-4-14-27(16-15-26)24(29)25-21-10-7-18-5-2-3-6-20(18)17-21/h2-3,5-12,17H,4,13-16H2,1H3,(H,25,29). The molecule has 3 aromatic carbocycles. The maximum absolute atomic E-state index is 12.8. The van der Waals surface area contributed by atoms with Gasteiger partial charge in [-0.2, -0.15) is 0 Å². The normalized spacial score (nSPS) is 14.3. The highest BCUT2D eigenvalue weighted by Crippen LogP contribution is 2.20. The number of nitrogens with zero attached hydrogens (tertiary/aromatic N) is 2. The van der Waals surface area contributed by atoms with Gasteiger partial charge in [0.15, 0.2) is 0 Å². The molecule has 1 aliphatic rings. The quantitative estimate of drug-likeness (QED) is 0.712. The number of ether oxygens (including phenoxy) is 1. The van der Waals surface area contributed by atoms with Gasteiger partial charge in [0.05, 0.1) is 7.11 Å². The second kappa shape index (κ2) is 8.86. The molecule has 154 valence electrons. The van der Waals surface area contributed by atoms with Crippen LogP contribution in [0.25, 0.3) is 10.8 Å². The van der Waals surface area contributed by atoms with Crippen LogP contribution in [-0.4, -0.2) is 55.0 Å². The summed E-state index contributed by atoms with van der Waals surface area (Å²) in [7, 11) is 1.60. The summed E-state index contributed by atoms with van der Waals surface area (Å²) in [6.45, 7) is 2.26. The van der Waals surface area contributed by atoms with E-state index in [4.69, 9.17) is 4.74 Å². The highest BCUT2D eigenvalue weighted by Gasteiger charge is 2.23. The Hall–Kier alpha value is -3.54. The monoisotopic (exact) mass is 403 g/mol. The molecule has 0 atom stereocenters. The van der Waals surface area contributed by atoms with E-state index in [0.29, 0.717) is 31.7 Å². The second-order valence-electron chi connectivity index (χ2n) is 7.35. The highest BCUT2D eigenvalue weighted by atomic mass is 16.5. The second-order valence-corrected chi connectivity index (χ2v) is 7.35. The van der Waals surface area contributed by atoms with Gasteiger partial charge >= 0.3 is 6.03 Å². The molecule has 1 heterocycles. The van der Waals surface area contributed by atoms with Gasteiger partial charge in [-0.3, -0.25) is 4.79 Å². The molecule has 1 N–H and O–H groups in total. The third kappa shape index (κ3) is 4.38. The van der Waals surface area contributed by atoms with Crippen molar-refractivity contribution >= 4 is 28.4 Å². The van der Waals surface area contributed by atoms with Crippen molar-refractivity contribution in [2.45, 2.75) is 6.42 Å². The first-order valence-corrected chi connectivity index (χ1v) is 10.1. The Bertz CT molecular complexity index is 1050. The molecular weight excluding hydrogens is 378 g/mol. The molecule has 0 unspecified atom stereocenters. The van der Waals surface area contributed by atoms with Crippen molar-refractivity contribution in [2.24, 2.45) is 0 Å². The number of carbonyl (C=O) groups is 2. The Balaban J connectivity index is 1.37. The zero-order chi connectivity index (χ0) is 20.9. The number of benzene rings is 3. The van der Waals surface area contributed by atoms with Gasteiger partial charge in [-0.05, 0) is 53.6 Å². The first-order chi connectivity index (χ1) is 14.6. The molecule has 3 amide bonds. The van der Waals surface area contributed by atoms with E-state index >= 15 is 0 Å². The minimum absolute atomic E-state index is 0.0190. The molecule has 0 aromatic heterocycles. The van der Waals surface area contributed by atoms with Gasteiger partial charge in [0, 0.05) is 37.4 Å². The van der Waals surface area contributed by atoms with Crippen LogP contribution < -0.4 is 10.1 Å². The fourth-order valence-corrected chi connectivity index (χ4v) is 3.71. The minimum atomic E-state index is -0.135. The molecule has 1 aliphatic heterocycles. The number of fused-ring (bicyclic) bond motifs is 1. The lowest BCUT2D eigenvalue weighted by molar-refractivity contribution is 0.0762. The van der Waals surface area contributed by atoms with Crippen LogP contribution in [0, 0.1) is 0 Å². The van der Waals surface area contributed by atoms with Gasteiger partial charge in [0.25, 0.3) is 5.91 Å². The van der Waals surface area contributed by atoms with Crippen LogP contribution in [-0.2, 0) is 0 Å². The molecule has 0 aliphatic carbocycles. The number of amides is 3. The van der Waals surface area contributed by atoms with E-state index < -0.39 is 0 Å². The number of rotatable bonds is 3. The summed E-state index contributed by atoms with van der Waals surface area (Å²) in [5.74, 6) is 0.702. The van der Waals surface area contributed by atoms with Gasteiger partial charge < -0.3 is 19.9 Å². The van der Waals surface area contributed by atoms with E-state index in [1.165, 1.54) is 0 Å². The summed E-state index contributed by atoms with van der Waals surface area (Å²) in [5.41, 5.74) is 1.40. The highest BCUT2D eigenvalue weighted by molar-refractivity contribution is 5.95. The number of urea groups is 1. The average molecular weight is 403 g/mol. The summed E-state index contributed by atoms with van der Waals surface area (Å²) in [6, 6.07) is 20.9. The van der Waals surface area contributed by atoms with Crippen molar-refractivity contribution < 1.29 is 14.3 Å². The summed E-state index contributed by atoms with van der Waals surface area (Å²) in [4.78, 5) is 29.2. The van der Waals surface area contributed by atoms with E-state index in [1.807, 2.05) is 47.4 Å². The molecule has 6 heteroatoms. The maximum atomic E-state index is 12.8. The Morgan fingerprint density at radius 2 is 1.53 bits per heavy atom. The van der Waals surface area contributed by atoms with Crippen LogP contribution in [0.1, 0.15) is 16.8 Å². The number of anilines is 1. The molecular formula is C24H25N3O3. The molecule has 0 saturated carbocycles. The maximum Gasteiger partial charge on any atom is 0.321 e.